The Morgan fingerprint density at radius 2 is 2.35 bits per heavy atom. The number of thiophene rings is 1. The second-order valence-corrected chi connectivity index (χ2v) is 5.62. The van der Waals surface area contributed by atoms with Gasteiger partial charge in [0.05, 0.1) is 12.7 Å². The summed E-state index contributed by atoms with van der Waals surface area (Å²) in [6.07, 6.45) is 3.32. The topological polar surface area (TPSA) is 79.2 Å². The standard InChI is InChI=1S/C13H18N4O2S/c1-13(19,11-6-16-17(2)7-11)9-15-12(18)14-5-10-3-4-20-8-10/h3-4,6-8,19H,5,9H2,1-2H3,(H2,14,15,18). The van der Waals surface area contributed by atoms with Gasteiger partial charge in [0.15, 0.2) is 0 Å². The summed E-state index contributed by atoms with van der Waals surface area (Å²) in [5, 5.41) is 23.7. The molecule has 6 nitrogen and oxygen atoms in total. The number of hydrogen-bond acceptors (Lipinski definition) is 4. The van der Waals surface area contributed by atoms with Crippen molar-refractivity contribution in [3.8, 4) is 0 Å². The van der Waals surface area contributed by atoms with Crippen LogP contribution in [0.25, 0.3) is 0 Å². The van der Waals surface area contributed by atoms with Crippen molar-refractivity contribution in [2.24, 2.45) is 7.05 Å². The third-order valence-electron chi connectivity index (χ3n) is 2.95. The van der Waals surface area contributed by atoms with Crippen LogP contribution < -0.4 is 10.6 Å². The molecule has 0 saturated heterocycles. The Morgan fingerprint density at radius 1 is 1.55 bits per heavy atom. The molecule has 0 aromatic carbocycles. The second kappa shape index (κ2) is 6.06. The zero-order valence-electron chi connectivity index (χ0n) is 11.5. The Balaban J connectivity index is 1.80. The maximum absolute atomic E-state index is 11.7. The molecule has 2 aromatic heterocycles. The number of carbonyl (C=O) groups is 1. The summed E-state index contributed by atoms with van der Waals surface area (Å²) in [5.41, 5.74) is 0.579. The van der Waals surface area contributed by atoms with E-state index in [0.717, 1.165) is 5.56 Å². The Kier molecular flexibility index (Phi) is 4.41. The highest BCUT2D eigenvalue weighted by molar-refractivity contribution is 7.07. The molecule has 0 saturated carbocycles. The van der Waals surface area contributed by atoms with Crippen molar-refractivity contribution >= 4 is 17.4 Å². The summed E-state index contributed by atoms with van der Waals surface area (Å²) in [5.74, 6) is 0. The van der Waals surface area contributed by atoms with Gasteiger partial charge in [-0.25, -0.2) is 4.79 Å². The Hall–Kier alpha value is -1.86. The molecular formula is C13H18N4O2S. The fourth-order valence-corrected chi connectivity index (χ4v) is 2.36. The maximum atomic E-state index is 11.7. The van der Waals surface area contributed by atoms with Gasteiger partial charge in [0, 0.05) is 25.4 Å². The lowest BCUT2D eigenvalue weighted by Crippen LogP contribution is -2.43. The van der Waals surface area contributed by atoms with Crippen LogP contribution in [0.4, 0.5) is 4.79 Å². The molecule has 0 aliphatic heterocycles. The first kappa shape index (κ1) is 14.5. The predicted octanol–water partition coefficient (Wildman–Crippen LogP) is 1.19. The van der Waals surface area contributed by atoms with E-state index < -0.39 is 5.60 Å². The minimum absolute atomic E-state index is 0.119. The number of nitrogens with one attached hydrogen (secondary N) is 2. The molecule has 2 heterocycles. The Bertz CT molecular complexity index is 563. The molecule has 0 radical (unpaired) electrons. The summed E-state index contributed by atoms with van der Waals surface area (Å²) in [6.45, 7) is 2.24. The van der Waals surface area contributed by atoms with Crippen molar-refractivity contribution in [2.45, 2.75) is 19.1 Å². The number of aliphatic hydroxyl groups is 1. The van der Waals surface area contributed by atoms with Gasteiger partial charge in [0.2, 0.25) is 0 Å². The Labute approximate surface area is 121 Å². The van der Waals surface area contributed by atoms with Crippen molar-refractivity contribution in [1.82, 2.24) is 20.4 Å². The molecule has 1 atom stereocenters. The van der Waals surface area contributed by atoms with Gasteiger partial charge in [0.25, 0.3) is 0 Å². The van der Waals surface area contributed by atoms with Crippen molar-refractivity contribution in [3.05, 3.63) is 40.3 Å². The van der Waals surface area contributed by atoms with Crippen molar-refractivity contribution in [3.63, 3.8) is 0 Å². The van der Waals surface area contributed by atoms with Gasteiger partial charge in [0.1, 0.15) is 5.60 Å². The quantitative estimate of drug-likeness (QED) is 0.775. The molecule has 3 N–H and O–H groups in total. The number of amides is 2. The van der Waals surface area contributed by atoms with Crippen LogP contribution in [0, 0.1) is 0 Å². The molecule has 0 bridgehead atoms. The normalized spacial score (nSPS) is 13.8. The summed E-state index contributed by atoms with van der Waals surface area (Å²) in [6, 6.07) is 1.65. The third-order valence-corrected chi connectivity index (χ3v) is 3.69. The fraction of sp³-hybridized carbons (Fsp3) is 0.385. The number of aryl methyl sites for hydroxylation is 1. The van der Waals surface area contributed by atoms with Gasteiger partial charge < -0.3 is 15.7 Å². The van der Waals surface area contributed by atoms with E-state index >= 15 is 0 Å². The largest absolute Gasteiger partial charge is 0.383 e. The molecule has 0 aliphatic rings. The second-order valence-electron chi connectivity index (χ2n) is 4.84. The monoisotopic (exact) mass is 294 g/mol. The number of carbonyl (C=O) groups excluding carboxylic acids is 1. The zero-order chi connectivity index (χ0) is 14.6. The molecule has 0 aliphatic carbocycles. The van der Waals surface area contributed by atoms with Gasteiger partial charge in [-0.1, -0.05) is 0 Å². The lowest BCUT2D eigenvalue weighted by molar-refractivity contribution is 0.0593. The average molecular weight is 294 g/mol. The predicted molar refractivity (Wildman–Crippen MR) is 77.3 cm³/mol. The van der Waals surface area contributed by atoms with Crippen molar-refractivity contribution in [1.29, 1.82) is 0 Å². The third kappa shape index (κ3) is 3.82. The first-order valence-corrected chi connectivity index (χ1v) is 7.16. The molecule has 2 aromatic rings. The average Bonchev–Trinajstić information content (AvgIpc) is 3.05. The lowest BCUT2D eigenvalue weighted by Gasteiger charge is -2.22. The maximum Gasteiger partial charge on any atom is 0.315 e. The Morgan fingerprint density at radius 3 is 2.95 bits per heavy atom. The van der Waals surface area contributed by atoms with Crippen LogP contribution in [0.3, 0.4) is 0 Å². The fourth-order valence-electron chi connectivity index (χ4n) is 1.69. The number of hydrogen-bond donors (Lipinski definition) is 3. The van der Waals surface area contributed by atoms with E-state index in [4.69, 9.17) is 0 Å². The molecule has 2 amide bonds. The first-order chi connectivity index (χ1) is 9.47. The van der Waals surface area contributed by atoms with Gasteiger partial charge >= 0.3 is 6.03 Å². The van der Waals surface area contributed by atoms with Gasteiger partial charge in [-0.05, 0) is 29.3 Å². The van der Waals surface area contributed by atoms with Crippen LogP contribution in [0.5, 0.6) is 0 Å². The molecular weight excluding hydrogens is 276 g/mol. The van der Waals surface area contributed by atoms with E-state index in [-0.39, 0.29) is 12.6 Å². The summed E-state index contributed by atoms with van der Waals surface area (Å²) >= 11 is 1.59. The van der Waals surface area contributed by atoms with Crippen LogP contribution in [0.15, 0.2) is 29.2 Å². The summed E-state index contributed by atoms with van der Waals surface area (Å²) < 4.78 is 1.61. The van der Waals surface area contributed by atoms with E-state index in [1.54, 1.807) is 42.4 Å². The lowest BCUT2D eigenvalue weighted by atomic mass is 10.00. The van der Waals surface area contributed by atoms with Crippen LogP contribution in [-0.2, 0) is 19.2 Å². The smallest absolute Gasteiger partial charge is 0.315 e. The number of aromatic nitrogens is 2. The number of urea groups is 1. The minimum atomic E-state index is -1.14. The van der Waals surface area contributed by atoms with Crippen LogP contribution in [0.1, 0.15) is 18.1 Å². The van der Waals surface area contributed by atoms with E-state index in [0.29, 0.717) is 12.1 Å². The molecule has 20 heavy (non-hydrogen) atoms. The first-order valence-electron chi connectivity index (χ1n) is 6.21. The molecule has 1 unspecified atom stereocenters. The molecule has 0 fully saturated rings. The summed E-state index contributed by atoms with van der Waals surface area (Å²) in [7, 11) is 1.78. The van der Waals surface area contributed by atoms with E-state index in [1.165, 1.54) is 0 Å². The highest BCUT2D eigenvalue weighted by Crippen LogP contribution is 2.18. The van der Waals surface area contributed by atoms with Crippen molar-refractivity contribution in [2.75, 3.05) is 6.54 Å². The number of nitrogens with zero attached hydrogens (tertiary/aromatic N) is 2. The van der Waals surface area contributed by atoms with Gasteiger partial charge in [-0.15, -0.1) is 0 Å². The number of rotatable bonds is 5. The molecule has 0 spiro atoms. The molecule has 7 heteroatoms. The molecule has 2 rings (SSSR count). The minimum Gasteiger partial charge on any atom is -0.383 e. The SMILES string of the molecule is Cn1cc(C(C)(O)CNC(=O)NCc2ccsc2)cn1. The van der Waals surface area contributed by atoms with Gasteiger partial charge in [-0.2, -0.15) is 16.4 Å². The van der Waals surface area contributed by atoms with E-state index in [1.807, 2.05) is 16.8 Å². The highest BCUT2D eigenvalue weighted by atomic mass is 32.1. The van der Waals surface area contributed by atoms with Crippen LogP contribution in [0.2, 0.25) is 0 Å². The summed E-state index contributed by atoms with van der Waals surface area (Å²) in [4.78, 5) is 11.7. The van der Waals surface area contributed by atoms with Gasteiger partial charge in [-0.3, -0.25) is 4.68 Å². The van der Waals surface area contributed by atoms with Crippen LogP contribution in [-0.4, -0.2) is 27.5 Å². The highest BCUT2D eigenvalue weighted by Gasteiger charge is 2.25. The zero-order valence-corrected chi connectivity index (χ0v) is 12.3. The van der Waals surface area contributed by atoms with E-state index in [2.05, 4.69) is 15.7 Å². The van der Waals surface area contributed by atoms with E-state index in [9.17, 15) is 9.90 Å². The van der Waals surface area contributed by atoms with Crippen LogP contribution >= 0.6 is 11.3 Å². The van der Waals surface area contributed by atoms with Crippen molar-refractivity contribution < 1.29 is 9.90 Å². The molecule has 108 valence electrons.